The van der Waals surface area contributed by atoms with Crippen molar-refractivity contribution in [1.82, 2.24) is 20.5 Å². The SMILES string of the molecule is CC(=O)NC(C(=O)N1C[C@H](O)C[C@H]1C(=O)NC(C)c1ccc(-c2scnc2C)cc1OCCCCCN)C(C)(C)C. The molecule has 41 heavy (non-hydrogen) atoms. The zero-order valence-electron chi connectivity index (χ0n) is 25.0. The number of nitrogens with two attached hydrogens (primary N) is 1. The van der Waals surface area contributed by atoms with E-state index in [-0.39, 0.29) is 30.7 Å². The molecule has 5 N–H and O–H groups in total. The van der Waals surface area contributed by atoms with Gasteiger partial charge in [0.25, 0.3) is 0 Å². The Morgan fingerprint density at radius 1 is 1.22 bits per heavy atom. The molecule has 0 spiro atoms. The summed E-state index contributed by atoms with van der Waals surface area (Å²) >= 11 is 1.56. The van der Waals surface area contributed by atoms with Gasteiger partial charge in [-0.15, -0.1) is 11.3 Å². The number of aryl methyl sites for hydroxylation is 1. The van der Waals surface area contributed by atoms with Crippen LogP contribution in [0, 0.1) is 12.3 Å². The summed E-state index contributed by atoms with van der Waals surface area (Å²) in [4.78, 5) is 45.8. The Morgan fingerprint density at radius 2 is 1.95 bits per heavy atom. The highest BCUT2D eigenvalue weighted by molar-refractivity contribution is 7.13. The lowest BCUT2D eigenvalue weighted by atomic mass is 9.85. The molecule has 2 aromatic rings. The fraction of sp³-hybridized carbons (Fsp3) is 0.600. The van der Waals surface area contributed by atoms with Gasteiger partial charge in [-0.25, -0.2) is 4.98 Å². The van der Waals surface area contributed by atoms with Crippen LogP contribution >= 0.6 is 11.3 Å². The Morgan fingerprint density at radius 3 is 2.56 bits per heavy atom. The van der Waals surface area contributed by atoms with Gasteiger partial charge >= 0.3 is 0 Å². The topological polar surface area (TPSA) is 147 Å². The van der Waals surface area contributed by atoms with Crippen LogP contribution in [0.5, 0.6) is 5.75 Å². The van der Waals surface area contributed by atoms with Gasteiger partial charge in [0, 0.05) is 25.5 Å². The van der Waals surface area contributed by atoms with E-state index in [1.165, 1.54) is 11.8 Å². The number of carbonyl (C=O) groups excluding carboxylic acids is 3. The number of nitrogens with one attached hydrogen (secondary N) is 2. The van der Waals surface area contributed by atoms with Gasteiger partial charge in [-0.1, -0.05) is 32.9 Å². The molecule has 1 aromatic heterocycles. The van der Waals surface area contributed by atoms with Crippen LogP contribution in [-0.2, 0) is 14.4 Å². The number of ether oxygens (including phenoxy) is 1. The number of rotatable bonds is 12. The molecular formula is C30H45N5O5S. The summed E-state index contributed by atoms with van der Waals surface area (Å²) in [5.41, 5.74) is 9.60. The molecule has 11 heteroatoms. The molecule has 10 nitrogen and oxygen atoms in total. The summed E-state index contributed by atoms with van der Waals surface area (Å²) in [6.07, 6.45) is 2.05. The van der Waals surface area contributed by atoms with Crippen LogP contribution in [0.25, 0.3) is 10.4 Å². The zero-order chi connectivity index (χ0) is 30.3. The number of unbranched alkanes of at least 4 members (excludes halogenated alkanes) is 2. The van der Waals surface area contributed by atoms with Crippen molar-refractivity contribution in [3.8, 4) is 16.2 Å². The van der Waals surface area contributed by atoms with Crippen LogP contribution in [0.4, 0.5) is 0 Å². The van der Waals surface area contributed by atoms with Crippen molar-refractivity contribution in [2.75, 3.05) is 19.7 Å². The van der Waals surface area contributed by atoms with Crippen molar-refractivity contribution in [2.24, 2.45) is 11.1 Å². The number of thiazole rings is 1. The van der Waals surface area contributed by atoms with E-state index in [0.29, 0.717) is 18.9 Å². The number of aliphatic hydroxyl groups excluding tert-OH is 1. The highest BCUT2D eigenvalue weighted by atomic mass is 32.1. The lowest BCUT2D eigenvalue weighted by Gasteiger charge is -2.35. The average Bonchev–Trinajstić information content (AvgIpc) is 3.51. The summed E-state index contributed by atoms with van der Waals surface area (Å²) in [6.45, 7) is 11.9. The highest BCUT2D eigenvalue weighted by Crippen LogP contribution is 2.35. The van der Waals surface area contributed by atoms with Gasteiger partial charge in [0.15, 0.2) is 0 Å². The number of hydrogen-bond acceptors (Lipinski definition) is 8. The maximum Gasteiger partial charge on any atom is 0.246 e. The molecular weight excluding hydrogens is 542 g/mol. The quantitative estimate of drug-likeness (QED) is 0.279. The Hall–Kier alpha value is -3.02. The fourth-order valence-electron chi connectivity index (χ4n) is 5.05. The summed E-state index contributed by atoms with van der Waals surface area (Å²) in [5.74, 6) is -0.411. The van der Waals surface area contributed by atoms with Crippen molar-refractivity contribution < 1.29 is 24.2 Å². The van der Waals surface area contributed by atoms with E-state index in [0.717, 1.165) is 41.0 Å². The number of carbonyl (C=O) groups is 3. The van der Waals surface area contributed by atoms with E-state index in [2.05, 4.69) is 15.6 Å². The Labute approximate surface area is 247 Å². The average molecular weight is 588 g/mol. The predicted molar refractivity (Wildman–Crippen MR) is 160 cm³/mol. The van der Waals surface area contributed by atoms with Crippen molar-refractivity contribution in [1.29, 1.82) is 0 Å². The van der Waals surface area contributed by atoms with Gasteiger partial charge in [-0.3, -0.25) is 14.4 Å². The normalized spacial score (nSPS) is 18.6. The second-order valence-corrected chi connectivity index (χ2v) is 12.7. The molecule has 0 radical (unpaired) electrons. The van der Waals surface area contributed by atoms with Gasteiger partial charge in [0.2, 0.25) is 17.7 Å². The largest absolute Gasteiger partial charge is 0.493 e. The number of likely N-dealkylation sites (tertiary alicyclic amines) is 1. The Kier molecular flexibility index (Phi) is 11.3. The molecule has 1 aliphatic heterocycles. The number of aromatic nitrogens is 1. The van der Waals surface area contributed by atoms with E-state index in [4.69, 9.17) is 10.5 Å². The molecule has 1 fully saturated rings. The molecule has 0 saturated carbocycles. The molecule has 0 bridgehead atoms. The highest BCUT2D eigenvalue weighted by Gasteiger charge is 2.44. The molecule has 3 amide bonds. The second-order valence-electron chi connectivity index (χ2n) is 11.8. The standard InChI is InChI=1S/C30H45N5O5S/c1-18(23-11-10-21(26-19(2)32-17-41-26)14-25(23)40-13-9-7-8-12-31)33-28(38)24-15-22(37)16-35(24)29(39)27(30(4,5)6)34-20(3)36/h10-11,14,17-18,22,24,27,37H,7-9,12-13,15-16,31H2,1-6H3,(H,33,38)(H,34,36)/t18?,22-,24+,27?/m1/s1. The summed E-state index contributed by atoms with van der Waals surface area (Å²) < 4.78 is 6.22. The number of amides is 3. The van der Waals surface area contributed by atoms with Gasteiger partial charge < -0.3 is 31.1 Å². The Balaban J connectivity index is 1.81. The van der Waals surface area contributed by atoms with Gasteiger partial charge in [-0.2, -0.15) is 0 Å². The van der Waals surface area contributed by atoms with Crippen molar-refractivity contribution in [3.05, 3.63) is 35.0 Å². The van der Waals surface area contributed by atoms with E-state index >= 15 is 0 Å². The van der Waals surface area contributed by atoms with Crippen molar-refractivity contribution in [3.63, 3.8) is 0 Å². The van der Waals surface area contributed by atoms with Crippen LogP contribution in [-0.4, -0.2) is 70.6 Å². The number of benzene rings is 1. The lowest BCUT2D eigenvalue weighted by molar-refractivity contribution is -0.144. The lowest BCUT2D eigenvalue weighted by Crippen LogP contribution is -2.57. The first kappa shape index (κ1) is 32.5. The van der Waals surface area contributed by atoms with E-state index in [9.17, 15) is 19.5 Å². The smallest absolute Gasteiger partial charge is 0.246 e. The second kappa shape index (κ2) is 14.2. The van der Waals surface area contributed by atoms with Crippen molar-refractivity contribution in [2.45, 2.75) is 91.5 Å². The molecule has 226 valence electrons. The molecule has 1 saturated heterocycles. The third kappa shape index (κ3) is 8.50. The van der Waals surface area contributed by atoms with Crippen LogP contribution in [0.15, 0.2) is 23.7 Å². The van der Waals surface area contributed by atoms with Crippen LogP contribution in [0.3, 0.4) is 0 Å². The third-order valence-corrected chi connectivity index (χ3v) is 8.26. The molecule has 0 aliphatic carbocycles. The number of β-amino-alcohol motifs (C(OH)–C–C–N with tert-alkyl or cyclic N) is 1. The van der Waals surface area contributed by atoms with E-state index in [1.54, 1.807) is 11.3 Å². The molecule has 4 atom stereocenters. The number of hydrogen-bond donors (Lipinski definition) is 4. The van der Waals surface area contributed by atoms with Gasteiger partial charge in [0.05, 0.1) is 34.8 Å². The van der Waals surface area contributed by atoms with Gasteiger partial charge in [0.1, 0.15) is 17.8 Å². The first-order valence-corrected chi connectivity index (χ1v) is 15.1. The van der Waals surface area contributed by atoms with E-state index in [1.807, 2.05) is 58.3 Å². The number of aliphatic hydroxyl groups is 1. The molecule has 2 unspecified atom stereocenters. The van der Waals surface area contributed by atoms with E-state index < -0.39 is 29.6 Å². The first-order chi connectivity index (χ1) is 19.3. The summed E-state index contributed by atoms with van der Waals surface area (Å²) in [5, 5.41) is 16.2. The molecule has 1 aromatic carbocycles. The predicted octanol–water partition coefficient (Wildman–Crippen LogP) is 3.32. The summed E-state index contributed by atoms with van der Waals surface area (Å²) in [7, 11) is 0. The Bertz CT molecular complexity index is 1210. The van der Waals surface area contributed by atoms with Gasteiger partial charge in [-0.05, 0) is 56.7 Å². The monoisotopic (exact) mass is 587 g/mol. The van der Waals surface area contributed by atoms with Crippen LogP contribution in [0.1, 0.15) is 77.6 Å². The van der Waals surface area contributed by atoms with Crippen molar-refractivity contribution >= 4 is 29.1 Å². The summed E-state index contributed by atoms with van der Waals surface area (Å²) in [6, 6.07) is 3.81. The molecule has 1 aliphatic rings. The zero-order valence-corrected chi connectivity index (χ0v) is 25.8. The fourth-order valence-corrected chi connectivity index (χ4v) is 5.86. The third-order valence-electron chi connectivity index (χ3n) is 7.28. The van der Waals surface area contributed by atoms with Crippen LogP contribution < -0.4 is 21.1 Å². The molecule has 3 rings (SSSR count). The minimum absolute atomic E-state index is 0.0253. The maximum absolute atomic E-state index is 13.6. The first-order valence-electron chi connectivity index (χ1n) is 14.3. The minimum Gasteiger partial charge on any atom is -0.493 e. The number of nitrogens with zero attached hydrogens (tertiary/aromatic N) is 2. The molecule has 2 heterocycles. The van der Waals surface area contributed by atoms with Crippen LogP contribution in [0.2, 0.25) is 0 Å². The maximum atomic E-state index is 13.6. The minimum atomic E-state index is -0.863.